The van der Waals surface area contributed by atoms with Crippen molar-refractivity contribution < 1.29 is 13.9 Å². The second-order valence-electron chi connectivity index (χ2n) is 6.33. The summed E-state index contributed by atoms with van der Waals surface area (Å²) in [6.07, 6.45) is 3.04. The summed E-state index contributed by atoms with van der Waals surface area (Å²) in [5, 5.41) is 3.82. The van der Waals surface area contributed by atoms with Crippen LogP contribution in [0.3, 0.4) is 0 Å². The van der Waals surface area contributed by atoms with Crippen LogP contribution in [0.15, 0.2) is 39.5 Å². The second kappa shape index (κ2) is 8.36. The molecule has 1 fully saturated rings. The zero-order valence-electron chi connectivity index (χ0n) is 14.1. The molecular weight excluding hydrogens is 344 g/mol. The molecular formula is C18H23ClN2O4. The van der Waals surface area contributed by atoms with Crippen LogP contribution in [0, 0.1) is 0 Å². The Balaban J connectivity index is 0.00000225. The quantitative estimate of drug-likeness (QED) is 0.810. The third-order valence-electron chi connectivity index (χ3n) is 4.39. The Morgan fingerprint density at radius 3 is 2.64 bits per heavy atom. The third kappa shape index (κ3) is 4.96. The Labute approximate surface area is 152 Å². The van der Waals surface area contributed by atoms with Gasteiger partial charge in [0.25, 0.3) is 5.91 Å². The van der Waals surface area contributed by atoms with Gasteiger partial charge in [0.1, 0.15) is 11.3 Å². The molecule has 1 saturated carbocycles. The minimum Gasteiger partial charge on any atom is -0.481 e. The van der Waals surface area contributed by atoms with Crippen LogP contribution in [-0.4, -0.2) is 24.1 Å². The number of rotatable bonds is 4. The fourth-order valence-corrected chi connectivity index (χ4v) is 2.95. The Hall–Kier alpha value is -2.05. The van der Waals surface area contributed by atoms with E-state index in [1.54, 1.807) is 31.2 Å². The van der Waals surface area contributed by atoms with Gasteiger partial charge >= 0.3 is 5.63 Å². The molecule has 25 heavy (non-hydrogen) atoms. The molecule has 0 radical (unpaired) electrons. The number of carbonyl (C=O) groups excluding carboxylic acids is 1. The van der Waals surface area contributed by atoms with Gasteiger partial charge in [-0.3, -0.25) is 4.79 Å². The maximum atomic E-state index is 12.3. The van der Waals surface area contributed by atoms with Crippen molar-refractivity contribution in [3.8, 4) is 5.75 Å². The number of hydrogen-bond donors (Lipinski definition) is 2. The van der Waals surface area contributed by atoms with E-state index in [1.165, 1.54) is 6.07 Å². The summed E-state index contributed by atoms with van der Waals surface area (Å²) in [5.74, 6) is 0.343. The van der Waals surface area contributed by atoms with Gasteiger partial charge in [-0.25, -0.2) is 4.79 Å². The van der Waals surface area contributed by atoms with E-state index in [9.17, 15) is 9.59 Å². The van der Waals surface area contributed by atoms with Gasteiger partial charge in [0.15, 0.2) is 6.10 Å². The average Bonchev–Trinajstić information content (AvgIpc) is 2.56. The van der Waals surface area contributed by atoms with Crippen molar-refractivity contribution in [2.24, 2.45) is 5.73 Å². The van der Waals surface area contributed by atoms with Crippen molar-refractivity contribution >= 4 is 29.3 Å². The van der Waals surface area contributed by atoms with Gasteiger partial charge in [0.05, 0.1) is 0 Å². The molecule has 1 aliphatic rings. The largest absolute Gasteiger partial charge is 0.481 e. The predicted molar refractivity (Wildman–Crippen MR) is 98.2 cm³/mol. The summed E-state index contributed by atoms with van der Waals surface area (Å²) in [6, 6.07) is 8.65. The van der Waals surface area contributed by atoms with Crippen molar-refractivity contribution in [1.82, 2.24) is 5.32 Å². The first-order chi connectivity index (χ1) is 11.5. The van der Waals surface area contributed by atoms with E-state index in [0.717, 1.165) is 31.1 Å². The zero-order chi connectivity index (χ0) is 17.1. The number of benzene rings is 1. The highest BCUT2D eigenvalue weighted by atomic mass is 35.5. The highest BCUT2D eigenvalue weighted by Gasteiger charge is 2.23. The number of nitrogens with two attached hydrogens (primary N) is 1. The summed E-state index contributed by atoms with van der Waals surface area (Å²) in [5.41, 5.74) is 5.90. The molecule has 2 aromatic rings. The van der Waals surface area contributed by atoms with Crippen LogP contribution in [0.2, 0.25) is 0 Å². The molecule has 1 unspecified atom stereocenters. The molecule has 3 rings (SSSR count). The summed E-state index contributed by atoms with van der Waals surface area (Å²) in [4.78, 5) is 23.6. The summed E-state index contributed by atoms with van der Waals surface area (Å²) in [6.45, 7) is 1.70. The number of ether oxygens (including phenoxy) is 1. The minimum absolute atomic E-state index is 0. The molecule has 0 saturated heterocycles. The Morgan fingerprint density at radius 1 is 1.24 bits per heavy atom. The van der Waals surface area contributed by atoms with Crippen LogP contribution in [0.25, 0.3) is 11.0 Å². The molecule has 1 aromatic carbocycles. The first kappa shape index (κ1) is 19.3. The lowest BCUT2D eigenvalue weighted by molar-refractivity contribution is -0.128. The number of hydrogen-bond acceptors (Lipinski definition) is 5. The summed E-state index contributed by atoms with van der Waals surface area (Å²) >= 11 is 0. The van der Waals surface area contributed by atoms with Gasteiger partial charge in [0.2, 0.25) is 0 Å². The van der Waals surface area contributed by atoms with Gasteiger partial charge in [-0.2, -0.15) is 0 Å². The lowest BCUT2D eigenvalue weighted by Gasteiger charge is -2.27. The fourth-order valence-electron chi connectivity index (χ4n) is 2.95. The van der Waals surface area contributed by atoms with E-state index in [2.05, 4.69) is 5.32 Å². The van der Waals surface area contributed by atoms with Gasteiger partial charge < -0.3 is 20.2 Å². The molecule has 0 aliphatic heterocycles. The summed E-state index contributed by atoms with van der Waals surface area (Å²) < 4.78 is 10.8. The number of amides is 1. The first-order valence-corrected chi connectivity index (χ1v) is 8.28. The normalized spacial score (nSPS) is 21.2. The zero-order valence-corrected chi connectivity index (χ0v) is 14.9. The molecule has 0 bridgehead atoms. The molecule has 1 aliphatic carbocycles. The lowest BCUT2D eigenvalue weighted by atomic mass is 9.92. The molecule has 1 amide bonds. The van der Waals surface area contributed by atoms with Gasteiger partial charge in [-0.15, -0.1) is 12.4 Å². The van der Waals surface area contributed by atoms with E-state index < -0.39 is 11.7 Å². The molecule has 0 spiro atoms. The molecule has 136 valence electrons. The van der Waals surface area contributed by atoms with Crippen LogP contribution in [0.5, 0.6) is 5.75 Å². The van der Waals surface area contributed by atoms with Crippen molar-refractivity contribution in [2.75, 3.05) is 0 Å². The van der Waals surface area contributed by atoms with Crippen LogP contribution in [0.4, 0.5) is 0 Å². The molecule has 6 nitrogen and oxygen atoms in total. The van der Waals surface area contributed by atoms with Crippen LogP contribution >= 0.6 is 12.4 Å². The maximum absolute atomic E-state index is 12.3. The maximum Gasteiger partial charge on any atom is 0.336 e. The van der Waals surface area contributed by atoms with E-state index >= 15 is 0 Å². The fraction of sp³-hybridized carbons (Fsp3) is 0.444. The molecule has 1 heterocycles. The minimum atomic E-state index is -0.631. The van der Waals surface area contributed by atoms with Gasteiger partial charge in [0, 0.05) is 29.6 Å². The van der Waals surface area contributed by atoms with Crippen molar-refractivity contribution in [1.29, 1.82) is 0 Å². The summed E-state index contributed by atoms with van der Waals surface area (Å²) in [7, 11) is 0. The number of carbonyl (C=O) groups is 1. The second-order valence-corrected chi connectivity index (χ2v) is 6.33. The lowest BCUT2D eigenvalue weighted by Crippen LogP contribution is -2.45. The standard InChI is InChI=1S/C18H22N2O4.ClH/c1-11(18(22)20-14-6-4-13(19)5-7-14)23-15-8-2-12-3-9-17(21)24-16(12)10-15;/h2-3,8-11,13-14H,4-7,19H2,1H3,(H,20,22);1H. The van der Waals surface area contributed by atoms with Gasteiger partial charge in [-0.05, 0) is 50.8 Å². The van der Waals surface area contributed by atoms with Crippen molar-refractivity contribution in [2.45, 2.75) is 50.8 Å². The monoisotopic (exact) mass is 366 g/mol. The Bertz CT molecular complexity index is 784. The van der Waals surface area contributed by atoms with Crippen LogP contribution in [0.1, 0.15) is 32.6 Å². The first-order valence-electron chi connectivity index (χ1n) is 8.28. The van der Waals surface area contributed by atoms with Crippen LogP contribution < -0.4 is 21.4 Å². The number of fused-ring (bicyclic) bond motifs is 1. The van der Waals surface area contributed by atoms with Crippen molar-refractivity contribution in [3.05, 3.63) is 40.8 Å². The third-order valence-corrected chi connectivity index (χ3v) is 4.39. The predicted octanol–water partition coefficient (Wildman–Crippen LogP) is 2.37. The van der Waals surface area contributed by atoms with E-state index in [4.69, 9.17) is 14.9 Å². The van der Waals surface area contributed by atoms with E-state index in [0.29, 0.717) is 11.3 Å². The van der Waals surface area contributed by atoms with Crippen molar-refractivity contribution in [3.63, 3.8) is 0 Å². The molecule has 7 heteroatoms. The Morgan fingerprint density at radius 2 is 1.92 bits per heavy atom. The highest BCUT2D eigenvalue weighted by molar-refractivity contribution is 5.85. The average molecular weight is 367 g/mol. The van der Waals surface area contributed by atoms with E-state index in [-0.39, 0.29) is 30.4 Å². The molecule has 1 atom stereocenters. The SMILES string of the molecule is CC(Oc1ccc2ccc(=O)oc2c1)C(=O)NC1CCC(N)CC1.Cl. The molecule has 1 aromatic heterocycles. The highest BCUT2D eigenvalue weighted by Crippen LogP contribution is 2.21. The van der Waals surface area contributed by atoms with Gasteiger partial charge in [-0.1, -0.05) is 0 Å². The number of halogens is 1. The Kier molecular flexibility index (Phi) is 6.45. The van der Waals surface area contributed by atoms with E-state index in [1.807, 2.05) is 0 Å². The smallest absolute Gasteiger partial charge is 0.336 e. The number of nitrogens with one attached hydrogen (secondary N) is 1. The molecule has 3 N–H and O–H groups in total. The topological polar surface area (TPSA) is 94.6 Å². The van der Waals surface area contributed by atoms with Crippen LogP contribution in [-0.2, 0) is 4.79 Å².